The molecule has 9 heteroatoms. The topological polar surface area (TPSA) is 71.9 Å². The summed E-state index contributed by atoms with van der Waals surface area (Å²) < 4.78 is 24.6. The lowest BCUT2D eigenvalue weighted by Crippen LogP contribution is -2.28. The van der Waals surface area contributed by atoms with Gasteiger partial charge in [0.25, 0.3) is 0 Å². The number of carbonyl (C=O) groups excluding carboxylic acids is 1. The van der Waals surface area contributed by atoms with Crippen LogP contribution in [-0.4, -0.2) is 46.8 Å². The van der Waals surface area contributed by atoms with Gasteiger partial charge in [-0.05, 0) is 54.7 Å². The van der Waals surface area contributed by atoms with E-state index in [2.05, 4.69) is 9.88 Å². The van der Waals surface area contributed by atoms with E-state index in [1.807, 2.05) is 18.2 Å². The van der Waals surface area contributed by atoms with Gasteiger partial charge in [0.2, 0.25) is 6.79 Å². The first kappa shape index (κ1) is 22.9. The SMILES string of the molecule is O=C(Cc1ncc([C@@H](c2ccc(F)cc2Cl)N2CC[C@@H](O)C2)s1)C1(c2ccc3c(c2)OCO3)CC1. The molecule has 3 heterocycles. The Labute approximate surface area is 211 Å². The quantitative estimate of drug-likeness (QED) is 0.494. The Hall–Kier alpha value is -2.52. The Morgan fingerprint density at radius 3 is 2.83 bits per heavy atom. The number of thiazole rings is 1. The number of halogens is 2. The summed E-state index contributed by atoms with van der Waals surface area (Å²) >= 11 is 7.91. The van der Waals surface area contributed by atoms with Crippen LogP contribution in [0, 0.1) is 5.82 Å². The van der Waals surface area contributed by atoms with Crippen molar-refractivity contribution in [3.8, 4) is 11.5 Å². The van der Waals surface area contributed by atoms with Gasteiger partial charge in [-0.25, -0.2) is 9.37 Å². The summed E-state index contributed by atoms with van der Waals surface area (Å²) in [7, 11) is 0. The number of aromatic nitrogens is 1. The van der Waals surface area contributed by atoms with E-state index in [1.54, 1.807) is 12.3 Å². The van der Waals surface area contributed by atoms with Crippen LogP contribution < -0.4 is 9.47 Å². The Morgan fingerprint density at radius 2 is 2.09 bits per heavy atom. The maximum atomic E-state index is 13.7. The van der Waals surface area contributed by atoms with Gasteiger partial charge < -0.3 is 14.6 Å². The fourth-order valence-corrected chi connectivity index (χ4v) is 6.49. The molecular weight excluding hydrogens is 491 g/mol. The number of Topliss-reactive ketones (excluding diaryl/α,β-unsaturated/α-hetero) is 1. The number of likely N-dealkylation sites (tertiary alicyclic amines) is 1. The van der Waals surface area contributed by atoms with Gasteiger partial charge in [-0.15, -0.1) is 11.3 Å². The van der Waals surface area contributed by atoms with Crippen LogP contribution >= 0.6 is 22.9 Å². The van der Waals surface area contributed by atoms with Crippen molar-refractivity contribution in [1.82, 2.24) is 9.88 Å². The Kier molecular flexibility index (Phi) is 5.79. The van der Waals surface area contributed by atoms with Crippen LogP contribution in [0.1, 0.15) is 46.3 Å². The van der Waals surface area contributed by atoms with E-state index < -0.39 is 17.3 Å². The zero-order chi connectivity index (χ0) is 24.2. The van der Waals surface area contributed by atoms with Gasteiger partial charge in [-0.1, -0.05) is 23.7 Å². The third kappa shape index (κ3) is 4.22. The first-order valence-corrected chi connectivity index (χ1v) is 12.9. The molecule has 2 atom stereocenters. The zero-order valence-electron chi connectivity index (χ0n) is 18.9. The van der Waals surface area contributed by atoms with Crippen molar-refractivity contribution in [2.45, 2.75) is 43.2 Å². The van der Waals surface area contributed by atoms with Crippen molar-refractivity contribution in [3.63, 3.8) is 0 Å². The van der Waals surface area contributed by atoms with Gasteiger partial charge in [0.1, 0.15) is 16.6 Å². The molecule has 182 valence electrons. The lowest BCUT2D eigenvalue weighted by Gasteiger charge is -2.27. The largest absolute Gasteiger partial charge is 0.454 e. The second-order valence-corrected chi connectivity index (χ2v) is 11.0. The second-order valence-electron chi connectivity index (χ2n) is 9.41. The van der Waals surface area contributed by atoms with Gasteiger partial charge in [0.05, 0.1) is 24.0 Å². The molecular formula is C26H24ClFN2O4S. The standard InChI is InChI=1S/C26H24ClFN2O4S/c27-19-10-16(28)2-3-18(19)25(30-8-5-17(31)13-30)22-12-29-24(35-22)11-23(32)26(6-7-26)15-1-4-20-21(9-15)34-14-33-20/h1-4,9-10,12,17,25,31H,5-8,11,13-14H2/t17-,25-/m1/s1. The molecule has 1 aliphatic carbocycles. The Morgan fingerprint density at radius 1 is 1.26 bits per heavy atom. The van der Waals surface area contributed by atoms with Crippen LogP contribution in [0.3, 0.4) is 0 Å². The number of benzene rings is 2. The van der Waals surface area contributed by atoms with Gasteiger partial charge in [-0.2, -0.15) is 0 Å². The van der Waals surface area contributed by atoms with E-state index in [4.69, 9.17) is 21.1 Å². The fraction of sp³-hybridized carbons (Fsp3) is 0.385. The van der Waals surface area contributed by atoms with E-state index >= 15 is 0 Å². The molecule has 2 aromatic carbocycles. The highest BCUT2D eigenvalue weighted by Crippen LogP contribution is 2.52. The summed E-state index contributed by atoms with van der Waals surface area (Å²) in [6.45, 7) is 1.39. The first-order chi connectivity index (χ1) is 16.9. The Bertz CT molecular complexity index is 1290. The van der Waals surface area contributed by atoms with Crippen LogP contribution in [0.15, 0.2) is 42.6 Å². The predicted octanol–water partition coefficient (Wildman–Crippen LogP) is 4.66. The molecule has 6 nitrogen and oxygen atoms in total. The number of hydrogen-bond donors (Lipinski definition) is 1. The van der Waals surface area contributed by atoms with Crippen molar-refractivity contribution in [2.24, 2.45) is 0 Å². The molecule has 3 aromatic rings. The number of carbonyl (C=O) groups is 1. The molecule has 0 unspecified atom stereocenters. The van der Waals surface area contributed by atoms with Crippen LogP contribution in [0.4, 0.5) is 4.39 Å². The van der Waals surface area contributed by atoms with Gasteiger partial charge in [-0.3, -0.25) is 9.69 Å². The van der Waals surface area contributed by atoms with E-state index in [-0.39, 0.29) is 25.0 Å². The zero-order valence-corrected chi connectivity index (χ0v) is 20.4. The molecule has 0 radical (unpaired) electrons. The lowest BCUT2D eigenvalue weighted by molar-refractivity contribution is -0.120. The maximum Gasteiger partial charge on any atom is 0.231 e. The number of hydrogen-bond acceptors (Lipinski definition) is 7. The number of fused-ring (bicyclic) bond motifs is 1. The van der Waals surface area contributed by atoms with Gasteiger partial charge >= 0.3 is 0 Å². The van der Waals surface area contributed by atoms with E-state index in [9.17, 15) is 14.3 Å². The average molecular weight is 515 g/mol. The normalized spacial score (nSPS) is 21.3. The van der Waals surface area contributed by atoms with E-state index in [1.165, 1.54) is 23.5 Å². The number of ether oxygens (including phenoxy) is 2. The molecule has 0 amide bonds. The summed E-state index contributed by atoms with van der Waals surface area (Å²) in [5.41, 5.74) is 1.24. The molecule has 1 aromatic heterocycles. The summed E-state index contributed by atoms with van der Waals surface area (Å²) in [6, 6.07) is 9.89. The lowest BCUT2D eigenvalue weighted by atomic mass is 9.89. The van der Waals surface area contributed by atoms with Crippen molar-refractivity contribution in [2.75, 3.05) is 19.9 Å². The number of nitrogens with zero attached hydrogens (tertiary/aromatic N) is 2. The van der Waals surface area contributed by atoms with Crippen LogP contribution in [0.25, 0.3) is 0 Å². The van der Waals surface area contributed by atoms with Gasteiger partial charge in [0, 0.05) is 29.2 Å². The minimum Gasteiger partial charge on any atom is -0.454 e. The summed E-state index contributed by atoms with van der Waals surface area (Å²) in [6.07, 6.45) is 3.89. The minimum absolute atomic E-state index is 0.144. The number of rotatable bonds is 7. The van der Waals surface area contributed by atoms with Crippen molar-refractivity contribution in [1.29, 1.82) is 0 Å². The van der Waals surface area contributed by atoms with Crippen LogP contribution in [-0.2, 0) is 16.6 Å². The first-order valence-electron chi connectivity index (χ1n) is 11.7. The third-order valence-corrected chi connectivity index (χ3v) is 8.56. The molecule has 2 aliphatic heterocycles. The molecule has 1 saturated heterocycles. The summed E-state index contributed by atoms with van der Waals surface area (Å²) in [5.74, 6) is 1.14. The molecule has 1 saturated carbocycles. The summed E-state index contributed by atoms with van der Waals surface area (Å²) in [5, 5.41) is 11.2. The van der Waals surface area contributed by atoms with Gasteiger partial charge in [0.15, 0.2) is 11.5 Å². The molecule has 2 fully saturated rings. The highest BCUT2D eigenvalue weighted by atomic mass is 35.5. The maximum absolute atomic E-state index is 13.7. The third-order valence-electron chi connectivity index (χ3n) is 7.18. The minimum atomic E-state index is -0.495. The van der Waals surface area contributed by atoms with Crippen molar-refractivity contribution >= 4 is 28.7 Å². The number of ketones is 1. The van der Waals surface area contributed by atoms with Crippen LogP contribution in [0.5, 0.6) is 11.5 Å². The highest BCUT2D eigenvalue weighted by molar-refractivity contribution is 7.11. The van der Waals surface area contributed by atoms with Crippen molar-refractivity contribution in [3.05, 3.63) is 74.4 Å². The monoisotopic (exact) mass is 514 g/mol. The highest BCUT2D eigenvalue weighted by Gasteiger charge is 2.51. The van der Waals surface area contributed by atoms with E-state index in [0.29, 0.717) is 36.0 Å². The predicted molar refractivity (Wildman–Crippen MR) is 130 cm³/mol. The Balaban J connectivity index is 1.25. The van der Waals surface area contributed by atoms with Crippen molar-refractivity contribution < 1.29 is 23.8 Å². The molecule has 6 rings (SSSR count). The number of β-amino-alcohol motifs (C(OH)–C–C–N with tert-alkyl or cyclic N) is 1. The van der Waals surface area contributed by atoms with Crippen LogP contribution in [0.2, 0.25) is 5.02 Å². The molecule has 35 heavy (non-hydrogen) atoms. The molecule has 0 bridgehead atoms. The molecule has 3 aliphatic rings. The molecule has 1 N–H and O–H groups in total. The average Bonchev–Trinajstić information content (AvgIpc) is 3.12. The van der Waals surface area contributed by atoms with E-state index in [0.717, 1.165) is 33.9 Å². The fourth-order valence-electron chi connectivity index (χ4n) is 5.14. The second kappa shape index (κ2) is 8.85. The number of aliphatic hydroxyl groups excluding tert-OH is 1. The molecule has 0 spiro atoms. The number of aliphatic hydroxyl groups is 1. The smallest absolute Gasteiger partial charge is 0.231 e. The summed E-state index contributed by atoms with van der Waals surface area (Å²) in [4.78, 5) is 21.1.